The Morgan fingerprint density at radius 3 is 2.48 bits per heavy atom. The summed E-state index contributed by atoms with van der Waals surface area (Å²) in [5.74, 6) is -1.07. The largest absolute Gasteiger partial charge is 0.481 e. The summed E-state index contributed by atoms with van der Waals surface area (Å²) in [5.41, 5.74) is 6.10. The molecule has 1 amide bonds. The van der Waals surface area contributed by atoms with E-state index in [1.165, 1.54) is 0 Å². The maximum absolute atomic E-state index is 11.9. The number of carbonyl (C=O) groups excluding carboxylic acids is 1. The topological polar surface area (TPSA) is 92.4 Å². The van der Waals surface area contributed by atoms with Crippen LogP contribution in [0.1, 0.15) is 59.3 Å². The summed E-state index contributed by atoms with van der Waals surface area (Å²) in [4.78, 5) is 23.1. The molecule has 1 rings (SSSR count). The smallest absolute Gasteiger partial charge is 0.306 e. The quantitative estimate of drug-likeness (QED) is 0.700. The lowest BCUT2D eigenvalue weighted by molar-refractivity contribution is -0.145. The Bertz CT molecular complexity index is 363. The zero-order valence-electron chi connectivity index (χ0n) is 13.5. The van der Waals surface area contributed by atoms with Crippen molar-refractivity contribution in [1.29, 1.82) is 0 Å². The van der Waals surface area contributed by atoms with E-state index in [2.05, 4.69) is 26.1 Å². The minimum absolute atomic E-state index is 0.0547. The summed E-state index contributed by atoms with van der Waals surface area (Å²) in [6.45, 7) is 6.76. The van der Waals surface area contributed by atoms with Gasteiger partial charge in [0.15, 0.2) is 0 Å². The maximum atomic E-state index is 11.9. The molecule has 5 nitrogen and oxygen atoms in total. The fraction of sp³-hybridized carbons (Fsp3) is 0.875. The van der Waals surface area contributed by atoms with Crippen LogP contribution in [0.4, 0.5) is 0 Å². The predicted molar refractivity (Wildman–Crippen MR) is 82.8 cm³/mol. The summed E-state index contributed by atoms with van der Waals surface area (Å²) < 4.78 is 0. The molecular weight excluding hydrogens is 268 g/mol. The van der Waals surface area contributed by atoms with Crippen LogP contribution in [0.25, 0.3) is 0 Å². The van der Waals surface area contributed by atoms with Gasteiger partial charge in [-0.05, 0) is 30.6 Å². The molecule has 0 saturated heterocycles. The van der Waals surface area contributed by atoms with Gasteiger partial charge in [-0.2, -0.15) is 0 Å². The molecule has 3 unspecified atom stereocenters. The molecule has 0 aromatic heterocycles. The van der Waals surface area contributed by atoms with Crippen molar-refractivity contribution in [3.63, 3.8) is 0 Å². The van der Waals surface area contributed by atoms with Gasteiger partial charge in [0.25, 0.3) is 0 Å². The van der Waals surface area contributed by atoms with Gasteiger partial charge in [-0.25, -0.2) is 0 Å². The van der Waals surface area contributed by atoms with Crippen molar-refractivity contribution >= 4 is 11.9 Å². The van der Waals surface area contributed by atoms with E-state index < -0.39 is 5.97 Å². The fourth-order valence-electron chi connectivity index (χ4n) is 3.19. The molecule has 1 saturated carbocycles. The lowest BCUT2D eigenvalue weighted by Gasteiger charge is -2.29. The molecule has 21 heavy (non-hydrogen) atoms. The average molecular weight is 298 g/mol. The monoisotopic (exact) mass is 298 g/mol. The Hall–Kier alpha value is -1.10. The number of nitrogens with two attached hydrogens (primary N) is 1. The lowest BCUT2D eigenvalue weighted by atomic mass is 9.79. The van der Waals surface area contributed by atoms with Crippen molar-refractivity contribution < 1.29 is 14.7 Å². The molecule has 3 atom stereocenters. The number of hydrogen-bond donors (Lipinski definition) is 3. The maximum Gasteiger partial charge on any atom is 0.306 e. The van der Waals surface area contributed by atoms with Gasteiger partial charge in [-0.1, -0.05) is 33.6 Å². The van der Waals surface area contributed by atoms with Crippen LogP contribution in [0.2, 0.25) is 0 Å². The van der Waals surface area contributed by atoms with Gasteiger partial charge < -0.3 is 16.2 Å². The van der Waals surface area contributed by atoms with E-state index in [-0.39, 0.29) is 29.2 Å². The first-order valence-electron chi connectivity index (χ1n) is 7.94. The molecule has 0 heterocycles. The number of amides is 1. The van der Waals surface area contributed by atoms with Crippen LogP contribution in [0.3, 0.4) is 0 Å². The molecular formula is C16H30N2O3. The summed E-state index contributed by atoms with van der Waals surface area (Å²) in [6.07, 6.45) is 4.72. The molecule has 0 aliphatic heterocycles. The molecule has 5 heteroatoms. The van der Waals surface area contributed by atoms with E-state index in [4.69, 9.17) is 5.73 Å². The summed E-state index contributed by atoms with van der Waals surface area (Å²) in [7, 11) is 0. The number of carbonyl (C=O) groups is 2. The number of rotatable bonds is 6. The summed E-state index contributed by atoms with van der Waals surface area (Å²) in [6, 6.07) is -0.147. The average Bonchev–Trinajstić information content (AvgIpc) is 2.34. The second-order valence-electron chi connectivity index (χ2n) is 7.52. The standard InChI is InChI=1S/C16H30N2O3/c1-16(2,3)9-12(17)8-14(19)18-10-11-6-4-5-7-13(11)15(20)21/h11-13H,4-10,17H2,1-3H3,(H,18,19)(H,20,21). The highest BCUT2D eigenvalue weighted by molar-refractivity contribution is 5.76. The predicted octanol–water partition coefficient (Wildman–Crippen LogP) is 2.15. The molecule has 0 radical (unpaired) electrons. The lowest BCUT2D eigenvalue weighted by Crippen LogP contribution is -2.39. The summed E-state index contributed by atoms with van der Waals surface area (Å²) in [5, 5.41) is 12.1. The van der Waals surface area contributed by atoms with Crippen molar-refractivity contribution in [1.82, 2.24) is 5.32 Å². The highest BCUT2D eigenvalue weighted by atomic mass is 16.4. The van der Waals surface area contributed by atoms with E-state index in [1.54, 1.807) is 0 Å². The van der Waals surface area contributed by atoms with E-state index >= 15 is 0 Å². The number of carboxylic acids is 1. The van der Waals surface area contributed by atoms with Crippen molar-refractivity contribution in [3.05, 3.63) is 0 Å². The van der Waals surface area contributed by atoms with Gasteiger partial charge in [0.2, 0.25) is 5.91 Å². The van der Waals surface area contributed by atoms with Crippen molar-refractivity contribution in [3.8, 4) is 0 Å². The van der Waals surface area contributed by atoms with Gasteiger partial charge in [-0.3, -0.25) is 9.59 Å². The van der Waals surface area contributed by atoms with E-state index in [0.29, 0.717) is 13.0 Å². The van der Waals surface area contributed by atoms with Gasteiger partial charge >= 0.3 is 5.97 Å². The minimum Gasteiger partial charge on any atom is -0.481 e. The van der Waals surface area contributed by atoms with Crippen molar-refractivity contribution in [2.75, 3.05) is 6.54 Å². The van der Waals surface area contributed by atoms with Crippen LogP contribution >= 0.6 is 0 Å². The van der Waals surface area contributed by atoms with Crippen LogP contribution in [-0.2, 0) is 9.59 Å². The molecule has 1 aliphatic carbocycles. The van der Waals surface area contributed by atoms with E-state index in [0.717, 1.165) is 32.1 Å². The normalized spacial score (nSPS) is 24.4. The minimum atomic E-state index is -0.738. The molecule has 1 aliphatic rings. The van der Waals surface area contributed by atoms with Crippen LogP contribution in [-0.4, -0.2) is 29.6 Å². The number of hydrogen-bond acceptors (Lipinski definition) is 3. The van der Waals surface area contributed by atoms with Crippen LogP contribution in [0.5, 0.6) is 0 Å². The van der Waals surface area contributed by atoms with E-state index in [9.17, 15) is 14.7 Å². The van der Waals surface area contributed by atoms with Crippen molar-refractivity contribution in [2.24, 2.45) is 23.0 Å². The Morgan fingerprint density at radius 1 is 1.29 bits per heavy atom. The van der Waals surface area contributed by atoms with Gasteiger partial charge in [0.1, 0.15) is 0 Å². The third-order valence-corrected chi connectivity index (χ3v) is 4.11. The fourth-order valence-corrected chi connectivity index (χ4v) is 3.19. The first-order chi connectivity index (χ1) is 9.69. The third kappa shape index (κ3) is 6.93. The molecule has 122 valence electrons. The molecule has 4 N–H and O–H groups in total. The van der Waals surface area contributed by atoms with Gasteiger partial charge in [0, 0.05) is 19.0 Å². The highest BCUT2D eigenvalue weighted by Crippen LogP contribution is 2.29. The second kappa shape index (κ2) is 7.78. The molecule has 1 fully saturated rings. The molecule has 0 aromatic rings. The Labute approximate surface area is 127 Å². The molecule has 0 spiro atoms. The van der Waals surface area contributed by atoms with Crippen LogP contribution < -0.4 is 11.1 Å². The Morgan fingerprint density at radius 2 is 1.90 bits per heavy atom. The molecule has 0 aromatic carbocycles. The Balaban J connectivity index is 2.36. The van der Waals surface area contributed by atoms with Gasteiger partial charge in [0.05, 0.1) is 5.92 Å². The van der Waals surface area contributed by atoms with Crippen molar-refractivity contribution in [2.45, 2.75) is 65.3 Å². The van der Waals surface area contributed by atoms with Gasteiger partial charge in [-0.15, -0.1) is 0 Å². The number of nitrogens with one attached hydrogen (secondary N) is 1. The zero-order chi connectivity index (χ0) is 16.0. The second-order valence-corrected chi connectivity index (χ2v) is 7.52. The first kappa shape index (κ1) is 18.0. The molecule has 0 bridgehead atoms. The zero-order valence-corrected chi connectivity index (χ0v) is 13.5. The number of carboxylic acid groups (broad SMARTS) is 1. The highest BCUT2D eigenvalue weighted by Gasteiger charge is 2.30. The first-order valence-corrected chi connectivity index (χ1v) is 7.94. The van der Waals surface area contributed by atoms with E-state index in [1.807, 2.05) is 0 Å². The Kier molecular flexibility index (Phi) is 6.65. The third-order valence-electron chi connectivity index (χ3n) is 4.11. The SMILES string of the molecule is CC(C)(C)CC(N)CC(=O)NCC1CCCCC1C(=O)O. The number of aliphatic carboxylic acids is 1. The van der Waals surface area contributed by atoms with Crippen LogP contribution in [0, 0.1) is 17.3 Å². The summed E-state index contributed by atoms with van der Waals surface area (Å²) >= 11 is 0. The van der Waals surface area contributed by atoms with Crippen LogP contribution in [0.15, 0.2) is 0 Å².